The van der Waals surface area contributed by atoms with Crippen LogP contribution in [0.4, 0.5) is 0 Å². The predicted molar refractivity (Wildman–Crippen MR) is 82.4 cm³/mol. The number of benzene rings is 1. The lowest BCUT2D eigenvalue weighted by molar-refractivity contribution is -0.173. The summed E-state index contributed by atoms with van der Waals surface area (Å²) in [6.07, 6.45) is 6.71. The summed E-state index contributed by atoms with van der Waals surface area (Å²) in [5.74, 6) is 0.287. The zero-order valence-corrected chi connectivity index (χ0v) is 12.5. The maximum absolute atomic E-state index is 10.9. The molecule has 3 atom stereocenters. The number of fused-ring (bicyclic) bond motifs is 3. The highest BCUT2D eigenvalue weighted by Gasteiger charge is 2.57. The Morgan fingerprint density at radius 3 is 2.86 bits per heavy atom. The first kappa shape index (κ1) is 12.9. The molecule has 1 spiro atoms. The molecule has 4 nitrogen and oxygen atoms in total. The van der Waals surface area contributed by atoms with Crippen molar-refractivity contribution in [1.82, 2.24) is 9.55 Å². The number of hydrogen-bond donors (Lipinski definition) is 1. The Kier molecular flexibility index (Phi) is 2.59. The molecule has 5 rings (SSSR count). The van der Waals surface area contributed by atoms with Gasteiger partial charge in [-0.15, -0.1) is 0 Å². The summed E-state index contributed by atoms with van der Waals surface area (Å²) >= 11 is 0. The average Bonchev–Trinajstić information content (AvgIpc) is 3.14. The molecule has 2 aliphatic heterocycles. The fraction of sp³-hybridized carbons (Fsp3) is 0.500. The molecule has 114 valence electrons. The summed E-state index contributed by atoms with van der Waals surface area (Å²) < 4.78 is 7.74. The van der Waals surface area contributed by atoms with Crippen molar-refractivity contribution in [2.24, 2.45) is 11.3 Å². The third-order valence-electron chi connectivity index (χ3n) is 6.09. The van der Waals surface area contributed by atoms with Crippen LogP contribution in [0, 0.1) is 11.3 Å². The van der Waals surface area contributed by atoms with E-state index >= 15 is 0 Å². The number of aromatic nitrogens is 2. The van der Waals surface area contributed by atoms with Crippen molar-refractivity contribution >= 4 is 0 Å². The lowest BCUT2D eigenvalue weighted by Crippen LogP contribution is -2.57. The predicted octanol–water partition coefficient (Wildman–Crippen LogP) is 2.63. The van der Waals surface area contributed by atoms with E-state index in [1.165, 1.54) is 16.8 Å². The maximum Gasteiger partial charge on any atom is 0.0956 e. The van der Waals surface area contributed by atoms with Gasteiger partial charge in [-0.3, -0.25) is 0 Å². The molecule has 2 fully saturated rings. The third-order valence-corrected chi connectivity index (χ3v) is 6.09. The highest BCUT2D eigenvalue weighted by Crippen LogP contribution is 2.59. The van der Waals surface area contributed by atoms with Gasteiger partial charge in [-0.05, 0) is 24.8 Å². The zero-order valence-electron chi connectivity index (χ0n) is 12.5. The fourth-order valence-corrected chi connectivity index (χ4v) is 4.87. The van der Waals surface area contributed by atoms with Gasteiger partial charge in [-0.1, -0.05) is 24.3 Å². The minimum atomic E-state index is -0.234. The molecule has 0 bridgehead atoms. The smallest absolute Gasteiger partial charge is 0.0956 e. The Labute approximate surface area is 129 Å². The van der Waals surface area contributed by atoms with Crippen LogP contribution in [0.15, 0.2) is 36.8 Å². The van der Waals surface area contributed by atoms with Gasteiger partial charge in [0, 0.05) is 30.1 Å². The van der Waals surface area contributed by atoms with E-state index in [0.717, 1.165) is 32.5 Å². The third kappa shape index (κ3) is 1.52. The van der Waals surface area contributed by atoms with Crippen molar-refractivity contribution in [1.29, 1.82) is 0 Å². The standard InChI is InChI=1S/C18H20N2O2/c21-17-14(9-18(17)5-7-22-8-6-18)16-13-4-2-1-3-12(13)15-10-19-11-20(15)16/h1-4,10-11,14,16-17,21H,5-9H2/t14-,16+,17-/m0/s1. The molecule has 1 aliphatic carbocycles. The SMILES string of the molecule is O[C@H]1[C@H]([C@H]2c3ccccc3-c3cncn32)CC12CCOCC2. The van der Waals surface area contributed by atoms with Crippen LogP contribution >= 0.6 is 0 Å². The van der Waals surface area contributed by atoms with Crippen LogP contribution in [-0.2, 0) is 4.74 Å². The number of nitrogens with zero attached hydrogens (tertiary/aromatic N) is 2. The van der Waals surface area contributed by atoms with Gasteiger partial charge in [0.25, 0.3) is 0 Å². The second kappa shape index (κ2) is 4.43. The number of imidazole rings is 1. The Bertz CT molecular complexity index is 717. The van der Waals surface area contributed by atoms with Crippen molar-refractivity contribution < 1.29 is 9.84 Å². The number of hydrogen-bond acceptors (Lipinski definition) is 3. The first-order valence-electron chi connectivity index (χ1n) is 8.17. The van der Waals surface area contributed by atoms with Crippen LogP contribution < -0.4 is 0 Å². The number of aliphatic hydroxyl groups is 1. The monoisotopic (exact) mass is 296 g/mol. The van der Waals surface area contributed by atoms with E-state index < -0.39 is 0 Å². The van der Waals surface area contributed by atoms with E-state index in [2.05, 4.69) is 33.8 Å². The maximum atomic E-state index is 10.9. The quantitative estimate of drug-likeness (QED) is 0.880. The molecule has 1 aromatic carbocycles. The van der Waals surface area contributed by atoms with Gasteiger partial charge in [0.1, 0.15) is 0 Å². The molecule has 3 heterocycles. The summed E-state index contributed by atoms with van der Waals surface area (Å²) in [7, 11) is 0. The topological polar surface area (TPSA) is 47.3 Å². The molecule has 1 aromatic heterocycles. The van der Waals surface area contributed by atoms with Crippen LogP contribution in [0.1, 0.15) is 30.9 Å². The van der Waals surface area contributed by atoms with Gasteiger partial charge in [0.05, 0.1) is 30.4 Å². The van der Waals surface area contributed by atoms with E-state index in [9.17, 15) is 5.11 Å². The summed E-state index contributed by atoms with van der Waals surface area (Å²) in [5, 5.41) is 10.9. The summed E-state index contributed by atoms with van der Waals surface area (Å²) in [4.78, 5) is 4.32. The highest BCUT2D eigenvalue weighted by atomic mass is 16.5. The van der Waals surface area contributed by atoms with Gasteiger partial charge in [-0.2, -0.15) is 0 Å². The molecule has 22 heavy (non-hydrogen) atoms. The van der Waals surface area contributed by atoms with Crippen molar-refractivity contribution in [3.8, 4) is 11.3 Å². The molecular formula is C18H20N2O2. The van der Waals surface area contributed by atoms with E-state index in [4.69, 9.17) is 4.74 Å². The minimum absolute atomic E-state index is 0.0984. The normalized spacial score (nSPS) is 31.6. The summed E-state index contributed by atoms with van der Waals surface area (Å²) in [6, 6.07) is 8.78. The van der Waals surface area contributed by atoms with Gasteiger partial charge in [-0.25, -0.2) is 4.98 Å². The zero-order chi connectivity index (χ0) is 14.7. The first-order valence-corrected chi connectivity index (χ1v) is 8.17. The van der Waals surface area contributed by atoms with E-state index in [1.54, 1.807) is 0 Å². The molecule has 0 unspecified atom stereocenters. The molecule has 2 aromatic rings. The second-order valence-corrected chi connectivity index (χ2v) is 7.01. The van der Waals surface area contributed by atoms with Gasteiger partial charge >= 0.3 is 0 Å². The van der Waals surface area contributed by atoms with Gasteiger partial charge in [0.2, 0.25) is 0 Å². The van der Waals surface area contributed by atoms with Crippen LogP contribution in [0.3, 0.4) is 0 Å². The second-order valence-electron chi connectivity index (χ2n) is 7.01. The van der Waals surface area contributed by atoms with Gasteiger partial charge < -0.3 is 14.4 Å². The van der Waals surface area contributed by atoms with Crippen LogP contribution in [0.25, 0.3) is 11.3 Å². The first-order chi connectivity index (χ1) is 10.8. The minimum Gasteiger partial charge on any atom is -0.392 e. The van der Waals surface area contributed by atoms with Crippen LogP contribution in [0.2, 0.25) is 0 Å². The molecule has 1 saturated heterocycles. The number of ether oxygens (including phenoxy) is 1. The summed E-state index contributed by atoms with van der Waals surface area (Å²) in [5.41, 5.74) is 3.89. The van der Waals surface area contributed by atoms with Crippen molar-refractivity contribution in [2.45, 2.75) is 31.4 Å². The number of rotatable bonds is 1. The van der Waals surface area contributed by atoms with Crippen molar-refractivity contribution in [3.05, 3.63) is 42.4 Å². The van der Waals surface area contributed by atoms with Crippen LogP contribution in [0.5, 0.6) is 0 Å². The molecule has 3 aliphatic rings. The fourth-order valence-electron chi connectivity index (χ4n) is 4.87. The van der Waals surface area contributed by atoms with Crippen LogP contribution in [-0.4, -0.2) is 34.0 Å². The lowest BCUT2D eigenvalue weighted by Gasteiger charge is -2.56. The van der Waals surface area contributed by atoms with Crippen molar-refractivity contribution in [3.63, 3.8) is 0 Å². The molecule has 4 heteroatoms. The number of aliphatic hydroxyl groups excluding tert-OH is 1. The Hall–Kier alpha value is -1.65. The van der Waals surface area contributed by atoms with Gasteiger partial charge in [0.15, 0.2) is 0 Å². The molecule has 1 N–H and O–H groups in total. The molecule has 0 amide bonds. The molecule has 1 saturated carbocycles. The Morgan fingerprint density at radius 1 is 1.23 bits per heavy atom. The lowest BCUT2D eigenvalue weighted by atomic mass is 9.53. The Balaban J connectivity index is 1.52. The van der Waals surface area contributed by atoms with Crippen molar-refractivity contribution in [2.75, 3.05) is 13.2 Å². The largest absolute Gasteiger partial charge is 0.392 e. The van der Waals surface area contributed by atoms with E-state index in [0.29, 0.717) is 0 Å². The molecular weight excluding hydrogens is 276 g/mol. The summed E-state index contributed by atoms with van der Waals surface area (Å²) in [6.45, 7) is 1.59. The Morgan fingerprint density at radius 2 is 2.05 bits per heavy atom. The van der Waals surface area contributed by atoms with E-state index in [1.807, 2.05) is 12.5 Å². The highest BCUT2D eigenvalue weighted by molar-refractivity contribution is 5.69. The average molecular weight is 296 g/mol. The van der Waals surface area contributed by atoms with E-state index in [-0.39, 0.29) is 23.5 Å². The molecule has 0 radical (unpaired) electrons.